The molecule has 2 aliphatic carbocycles. The molecule has 2 aliphatic rings. The minimum atomic E-state index is -0.189. The molecular weight excluding hydrogens is 370 g/mol. The van der Waals surface area contributed by atoms with Gasteiger partial charge in [0, 0.05) is 17.8 Å². The molecule has 0 spiro atoms. The summed E-state index contributed by atoms with van der Waals surface area (Å²) in [5, 5.41) is 0.0579. The van der Waals surface area contributed by atoms with Crippen molar-refractivity contribution in [1.82, 2.24) is 9.55 Å². The Morgan fingerprint density at radius 3 is 2.57 bits per heavy atom. The van der Waals surface area contributed by atoms with Crippen molar-refractivity contribution < 1.29 is 0 Å². The van der Waals surface area contributed by atoms with E-state index in [4.69, 9.17) is 16.6 Å². The van der Waals surface area contributed by atoms with Crippen LogP contribution in [0.1, 0.15) is 77.2 Å². The van der Waals surface area contributed by atoms with Gasteiger partial charge in [-0.2, -0.15) is 0 Å². The first kappa shape index (κ1) is 19.6. The van der Waals surface area contributed by atoms with E-state index in [9.17, 15) is 4.79 Å². The molecule has 4 nitrogen and oxygen atoms in total. The SMILES string of the molecule is C[C@@H](CC1CCC1=NC1CCCCCCC1)n1c(=O)c(Cl)nc2ccccc21. The highest BCUT2D eigenvalue weighted by atomic mass is 35.5. The second-order valence-corrected chi connectivity index (χ2v) is 8.86. The molecule has 2 saturated carbocycles. The maximum atomic E-state index is 12.7. The zero-order valence-electron chi connectivity index (χ0n) is 16.7. The molecule has 0 amide bonds. The molecule has 5 heteroatoms. The third-order valence-electron chi connectivity index (χ3n) is 6.46. The second-order valence-electron chi connectivity index (χ2n) is 8.51. The number of benzene rings is 1. The van der Waals surface area contributed by atoms with E-state index in [1.165, 1.54) is 57.1 Å². The van der Waals surface area contributed by atoms with Crippen molar-refractivity contribution >= 4 is 28.3 Å². The molecule has 0 aliphatic heterocycles. The van der Waals surface area contributed by atoms with Crippen LogP contribution in [-0.2, 0) is 0 Å². The lowest BCUT2D eigenvalue weighted by atomic mass is 9.78. The minimum Gasteiger partial charge on any atom is -0.301 e. The first-order valence-electron chi connectivity index (χ1n) is 10.9. The second kappa shape index (κ2) is 8.77. The molecule has 2 atom stereocenters. The lowest BCUT2D eigenvalue weighted by molar-refractivity contribution is 0.394. The standard InChI is InChI=1S/C23H30ClN3O/c1-16(27-21-12-8-7-11-20(21)26-22(24)23(27)28)15-17-13-14-19(17)25-18-9-5-3-2-4-6-10-18/h7-8,11-12,16-18H,2-6,9-10,13-15H2,1H3/t16-,17?/m0/s1. The van der Waals surface area contributed by atoms with Crippen molar-refractivity contribution in [1.29, 1.82) is 0 Å². The lowest BCUT2D eigenvalue weighted by Crippen LogP contribution is -2.33. The van der Waals surface area contributed by atoms with Crippen molar-refractivity contribution in [3.63, 3.8) is 0 Å². The topological polar surface area (TPSA) is 47.2 Å². The summed E-state index contributed by atoms with van der Waals surface area (Å²) in [6.45, 7) is 2.12. The zero-order valence-corrected chi connectivity index (χ0v) is 17.5. The molecule has 0 N–H and O–H groups in total. The fraction of sp³-hybridized carbons (Fsp3) is 0.609. The number of fused-ring (bicyclic) bond motifs is 1. The van der Waals surface area contributed by atoms with Gasteiger partial charge in [0.15, 0.2) is 5.15 Å². The van der Waals surface area contributed by atoms with Gasteiger partial charge in [-0.3, -0.25) is 9.79 Å². The van der Waals surface area contributed by atoms with E-state index in [-0.39, 0.29) is 16.8 Å². The Morgan fingerprint density at radius 1 is 1.14 bits per heavy atom. The van der Waals surface area contributed by atoms with Crippen LogP contribution < -0.4 is 5.56 Å². The van der Waals surface area contributed by atoms with Crippen LogP contribution >= 0.6 is 11.6 Å². The van der Waals surface area contributed by atoms with Crippen LogP contribution in [0.2, 0.25) is 5.15 Å². The predicted molar refractivity (Wildman–Crippen MR) is 117 cm³/mol. The Bertz CT molecular complexity index is 912. The van der Waals surface area contributed by atoms with Gasteiger partial charge < -0.3 is 4.57 Å². The van der Waals surface area contributed by atoms with Crippen LogP contribution in [0.15, 0.2) is 34.1 Å². The van der Waals surface area contributed by atoms with Crippen LogP contribution in [0.4, 0.5) is 0 Å². The largest absolute Gasteiger partial charge is 0.301 e. The summed E-state index contributed by atoms with van der Waals surface area (Å²) in [5.74, 6) is 0.498. The molecule has 0 bridgehead atoms. The van der Waals surface area contributed by atoms with Gasteiger partial charge in [0.1, 0.15) is 0 Å². The molecular formula is C23H30ClN3O. The summed E-state index contributed by atoms with van der Waals surface area (Å²) in [5.41, 5.74) is 2.83. The van der Waals surface area contributed by atoms with Crippen LogP contribution in [0.25, 0.3) is 11.0 Å². The van der Waals surface area contributed by atoms with Gasteiger partial charge >= 0.3 is 0 Å². The van der Waals surface area contributed by atoms with E-state index in [0.29, 0.717) is 12.0 Å². The van der Waals surface area contributed by atoms with E-state index >= 15 is 0 Å². The molecule has 1 heterocycles. The quantitative estimate of drug-likeness (QED) is 0.636. The van der Waals surface area contributed by atoms with Crippen molar-refractivity contribution in [3.05, 3.63) is 39.8 Å². The Morgan fingerprint density at radius 2 is 1.86 bits per heavy atom. The molecule has 1 unspecified atom stereocenters. The molecule has 150 valence electrons. The number of rotatable bonds is 4. The van der Waals surface area contributed by atoms with E-state index in [2.05, 4.69) is 11.9 Å². The molecule has 2 fully saturated rings. The van der Waals surface area contributed by atoms with Crippen molar-refractivity contribution in [2.75, 3.05) is 0 Å². The molecule has 1 aromatic heterocycles. The number of halogens is 1. The average molecular weight is 400 g/mol. The Balaban J connectivity index is 1.52. The smallest absolute Gasteiger partial charge is 0.288 e. The summed E-state index contributed by atoms with van der Waals surface area (Å²) in [4.78, 5) is 22.1. The molecule has 1 aromatic carbocycles. The Labute approximate surface area is 172 Å². The summed E-state index contributed by atoms with van der Waals surface area (Å²) in [6.07, 6.45) is 12.5. The number of hydrogen-bond acceptors (Lipinski definition) is 3. The monoisotopic (exact) mass is 399 g/mol. The molecule has 2 aromatic rings. The third-order valence-corrected chi connectivity index (χ3v) is 6.71. The van der Waals surface area contributed by atoms with E-state index in [0.717, 1.165) is 23.9 Å². The van der Waals surface area contributed by atoms with Gasteiger partial charge in [0.05, 0.1) is 11.0 Å². The highest BCUT2D eigenvalue weighted by Gasteiger charge is 2.29. The molecule has 0 saturated heterocycles. The number of nitrogens with zero attached hydrogens (tertiary/aromatic N) is 3. The number of aliphatic imine (C=N–C) groups is 1. The summed E-state index contributed by atoms with van der Waals surface area (Å²) < 4.78 is 1.83. The average Bonchev–Trinajstić information content (AvgIpc) is 2.65. The number of aromatic nitrogens is 2. The van der Waals surface area contributed by atoms with E-state index in [1.807, 2.05) is 28.8 Å². The predicted octanol–water partition coefficient (Wildman–Crippen LogP) is 5.96. The number of para-hydroxylation sites is 2. The van der Waals surface area contributed by atoms with Crippen LogP contribution in [0.3, 0.4) is 0 Å². The summed E-state index contributed by atoms with van der Waals surface area (Å²) in [7, 11) is 0. The Kier molecular flexibility index (Phi) is 6.15. The molecule has 4 rings (SSSR count). The fourth-order valence-electron chi connectivity index (χ4n) is 4.78. The zero-order chi connectivity index (χ0) is 19.5. The fourth-order valence-corrected chi connectivity index (χ4v) is 4.96. The minimum absolute atomic E-state index is 0.0579. The summed E-state index contributed by atoms with van der Waals surface area (Å²) in [6, 6.07) is 8.34. The van der Waals surface area contributed by atoms with Gasteiger partial charge in [0.25, 0.3) is 5.56 Å². The molecule has 0 radical (unpaired) electrons. The van der Waals surface area contributed by atoms with Gasteiger partial charge in [0.2, 0.25) is 0 Å². The summed E-state index contributed by atoms with van der Waals surface area (Å²) >= 11 is 6.14. The van der Waals surface area contributed by atoms with E-state index in [1.54, 1.807) is 0 Å². The van der Waals surface area contributed by atoms with Crippen molar-refractivity contribution in [3.8, 4) is 0 Å². The Hall–Kier alpha value is -1.68. The van der Waals surface area contributed by atoms with Crippen LogP contribution in [-0.4, -0.2) is 21.3 Å². The maximum Gasteiger partial charge on any atom is 0.288 e. The first-order chi connectivity index (χ1) is 13.6. The van der Waals surface area contributed by atoms with Crippen molar-refractivity contribution in [2.45, 2.75) is 83.2 Å². The van der Waals surface area contributed by atoms with Gasteiger partial charge in [-0.25, -0.2) is 4.98 Å². The molecule has 28 heavy (non-hydrogen) atoms. The van der Waals surface area contributed by atoms with Crippen molar-refractivity contribution in [2.24, 2.45) is 10.9 Å². The van der Waals surface area contributed by atoms with Crippen LogP contribution in [0, 0.1) is 5.92 Å². The maximum absolute atomic E-state index is 12.7. The first-order valence-corrected chi connectivity index (χ1v) is 11.2. The normalized spacial score (nSPS) is 23.9. The van der Waals surface area contributed by atoms with Crippen LogP contribution in [0.5, 0.6) is 0 Å². The highest BCUT2D eigenvalue weighted by molar-refractivity contribution is 6.29. The number of hydrogen-bond donors (Lipinski definition) is 0. The lowest BCUT2D eigenvalue weighted by Gasteiger charge is -2.33. The third kappa shape index (κ3) is 4.17. The highest BCUT2D eigenvalue weighted by Crippen LogP contribution is 2.34. The van der Waals surface area contributed by atoms with E-state index < -0.39 is 0 Å². The van der Waals surface area contributed by atoms with Gasteiger partial charge in [-0.1, -0.05) is 55.8 Å². The van der Waals surface area contributed by atoms with Gasteiger partial charge in [-0.05, 0) is 57.1 Å². The van der Waals surface area contributed by atoms with Gasteiger partial charge in [-0.15, -0.1) is 0 Å².